The molecule has 0 atom stereocenters. The standard InChI is InChI=1S/C11H10N2/c1-2-4-9-8(3-1)7-11-10(13-9)5-6-12-11/h1-4,7,12H,5-6H2. The first kappa shape index (κ1) is 6.89. The van der Waals surface area contributed by atoms with Gasteiger partial charge >= 0.3 is 0 Å². The van der Waals surface area contributed by atoms with E-state index in [1.165, 1.54) is 16.8 Å². The van der Waals surface area contributed by atoms with Gasteiger partial charge in [0.15, 0.2) is 0 Å². The van der Waals surface area contributed by atoms with E-state index in [4.69, 9.17) is 0 Å². The van der Waals surface area contributed by atoms with Crippen molar-refractivity contribution in [2.24, 2.45) is 0 Å². The first-order valence-electron chi connectivity index (χ1n) is 4.56. The third-order valence-corrected chi connectivity index (χ3v) is 2.48. The number of nitrogens with zero attached hydrogens (tertiary/aromatic N) is 1. The van der Waals surface area contributed by atoms with Crippen molar-refractivity contribution in [2.45, 2.75) is 6.42 Å². The Kier molecular flexibility index (Phi) is 1.30. The Morgan fingerprint density at radius 1 is 1.23 bits per heavy atom. The van der Waals surface area contributed by atoms with Gasteiger partial charge in [0.05, 0.1) is 16.9 Å². The van der Waals surface area contributed by atoms with E-state index in [9.17, 15) is 0 Å². The van der Waals surface area contributed by atoms with E-state index >= 15 is 0 Å². The van der Waals surface area contributed by atoms with Gasteiger partial charge in [0.25, 0.3) is 0 Å². The van der Waals surface area contributed by atoms with Crippen LogP contribution < -0.4 is 5.32 Å². The molecular weight excluding hydrogens is 160 g/mol. The molecule has 0 saturated heterocycles. The SMILES string of the molecule is c1ccc2nc3c(cc2c1)NCC3. The highest BCUT2D eigenvalue weighted by molar-refractivity contribution is 5.83. The molecule has 3 rings (SSSR count). The van der Waals surface area contributed by atoms with E-state index in [2.05, 4.69) is 28.5 Å². The average Bonchev–Trinajstić information content (AvgIpc) is 2.61. The molecule has 0 fully saturated rings. The Bertz CT molecular complexity index is 420. The van der Waals surface area contributed by atoms with Crippen LogP contribution >= 0.6 is 0 Å². The summed E-state index contributed by atoms with van der Waals surface area (Å²) in [7, 11) is 0. The molecule has 0 aliphatic carbocycles. The molecule has 0 saturated carbocycles. The molecule has 0 bridgehead atoms. The number of benzene rings is 1. The summed E-state index contributed by atoms with van der Waals surface area (Å²) in [6, 6.07) is 10.4. The maximum Gasteiger partial charge on any atom is 0.0706 e. The molecule has 2 heteroatoms. The zero-order valence-corrected chi connectivity index (χ0v) is 7.25. The van der Waals surface area contributed by atoms with Gasteiger partial charge in [0.2, 0.25) is 0 Å². The van der Waals surface area contributed by atoms with E-state index < -0.39 is 0 Å². The van der Waals surface area contributed by atoms with Gasteiger partial charge in [-0.3, -0.25) is 4.98 Å². The second-order valence-electron chi connectivity index (χ2n) is 3.35. The molecule has 0 spiro atoms. The van der Waals surface area contributed by atoms with E-state index in [0.29, 0.717) is 0 Å². The molecule has 2 nitrogen and oxygen atoms in total. The number of aromatic nitrogens is 1. The Balaban J connectivity index is 2.36. The lowest BCUT2D eigenvalue weighted by Gasteiger charge is -2.01. The monoisotopic (exact) mass is 170 g/mol. The van der Waals surface area contributed by atoms with E-state index in [1.807, 2.05) is 12.1 Å². The van der Waals surface area contributed by atoms with Crippen LogP contribution in [0.4, 0.5) is 5.69 Å². The molecule has 2 aromatic rings. The Hall–Kier alpha value is -1.57. The number of nitrogens with one attached hydrogen (secondary N) is 1. The topological polar surface area (TPSA) is 24.9 Å². The summed E-state index contributed by atoms with van der Waals surface area (Å²) in [4.78, 5) is 4.59. The van der Waals surface area contributed by atoms with E-state index in [-0.39, 0.29) is 0 Å². The molecule has 1 aromatic carbocycles. The average molecular weight is 170 g/mol. The van der Waals surface area contributed by atoms with Gasteiger partial charge in [-0.15, -0.1) is 0 Å². The summed E-state index contributed by atoms with van der Waals surface area (Å²) >= 11 is 0. The minimum atomic E-state index is 1.03. The molecule has 1 aliphatic rings. The van der Waals surface area contributed by atoms with Gasteiger partial charge < -0.3 is 5.32 Å². The highest BCUT2D eigenvalue weighted by atomic mass is 14.9. The lowest BCUT2D eigenvalue weighted by Crippen LogP contribution is -1.90. The molecule has 1 N–H and O–H groups in total. The third-order valence-electron chi connectivity index (χ3n) is 2.48. The second kappa shape index (κ2) is 2.46. The lowest BCUT2D eigenvalue weighted by atomic mass is 10.2. The van der Waals surface area contributed by atoms with Gasteiger partial charge in [-0.05, 0) is 12.1 Å². The molecule has 0 unspecified atom stereocenters. The highest BCUT2D eigenvalue weighted by Crippen LogP contribution is 2.24. The second-order valence-corrected chi connectivity index (χ2v) is 3.35. The molecular formula is C11H10N2. The van der Waals surface area contributed by atoms with Crippen molar-refractivity contribution in [3.63, 3.8) is 0 Å². The summed E-state index contributed by atoms with van der Waals surface area (Å²) in [5, 5.41) is 4.55. The van der Waals surface area contributed by atoms with Crippen molar-refractivity contribution < 1.29 is 0 Å². The molecule has 1 aromatic heterocycles. The van der Waals surface area contributed by atoms with Crippen LogP contribution in [-0.4, -0.2) is 11.5 Å². The van der Waals surface area contributed by atoms with Crippen molar-refractivity contribution in [3.8, 4) is 0 Å². The lowest BCUT2D eigenvalue weighted by molar-refractivity contribution is 1.06. The Morgan fingerprint density at radius 2 is 2.15 bits per heavy atom. The molecule has 64 valence electrons. The summed E-state index contributed by atoms with van der Waals surface area (Å²) < 4.78 is 0. The van der Waals surface area contributed by atoms with Crippen molar-refractivity contribution in [2.75, 3.05) is 11.9 Å². The minimum Gasteiger partial charge on any atom is -0.383 e. The summed E-state index contributed by atoms with van der Waals surface area (Å²) in [6.07, 6.45) is 1.06. The molecule has 2 heterocycles. The van der Waals surface area contributed by atoms with Crippen LogP contribution in [0.15, 0.2) is 30.3 Å². The van der Waals surface area contributed by atoms with Crippen LogP contribution in [0, 0.1) is 0 Å². The molecule has 0 amide bonds. The fourth-order valence-electron chi connectivity index (χ4n) is 1.82. The zero-order valence-electron chi connectivity index (χ0n) is 7.25. The van der Waals surface area contributed by atoms with Crippen LogP contribution in [0.1, 0.15) is 5.69 Å². The van der Waals surface area contributed by atoms with E-state index in [1.54, 1.807) is 0 Å². The molecule has 1 aliphatic heterocycles. The summed E-state index contributed by atoms with van der Waals surface area (Å²) in [6.45, 7) is 1.03. The first-order chi connectivity index (χ1) is 6.43. The number of para-hydroxylation sites is 1. The van der Waals surface area contributed by atoms with Crippen LogP contribution in [0.25, 0.3) is 10.9 Å². The zero-order chi connectivity index (χ0) is 8.67. The fourth-order valence-corrected chi connectivity index (χ4v) is 1.82. The normalized spacial score (nSPS) is 14.2. The Morgan fingerprint density at radius 3 is 3.15 bits per heavy atom. The quantitative estimate of drug-likeness (QED) is 0.655. The molecule has 0 radical (unpaired) electrons. The van der Waals surface area contributed by atoms with E-state index in [0.717, 1.165) is 18.5 Å². The van der Waals surface area contributed by atoms with Crippen LogP contribution in [0.5, 0.6) is 0 Å². The fraction of sp³-hybridized carbons (Fsp3) is 0.182. The molecule has 13 heavy (non-hydrogen) atoms. The highest BCUT2D eigenvalue weighted by Gasteiger charge is 2.11. The number of anilines is 1. The van der Waals surface area contributed by atoms with Gasteiger partial charge in [0, 0.05) is 18.4 Å². The number of pyridine rings is 1. The van der Waals surface area contributed by atoms with Crippen LogP contribution in [-0.2, 0) is 6.42 Å². The number of hydrogen-bond acceptors (Lipinski definition) is 2. The Labute approximate surface area is 76.6 Å². The number of hydrogen-bond donors (Lipinski definition) is 1. The van der Waals surface area contributed by atoms with Gasteiger partial charge in [-0.1, -0.05) is 18.2 Å². The maximum absolute atomic E-state index is 4.59. The minimum absolute atomic E-state index is 1.03. The predicted molar refractivity (Wildman–Crippen MR) is 53.9 cm³/mol. The predicted octanol–water partition coefficient (Wildman–Crippen LogP) is 2.20. The van der Waals surface area contributed by atoms with Crippen molar-refractivity contribution in [1.29, 1.82) is 0 Å². The number of rotatable bonds is 0. The third kappa shape index (κ3) is 0.985. The smallest absolute Gasteiger partial charge is 0.0706 e. The van der Waals surface area contributed by atoms with Crippen molar-refractivity contribution >= 4 is 16.6 Å². The van der Waals surface area contributed by atoms with Crippen molar-refractivity contribution in [3.05, 3.63) is 36.0 Å². The maximum atomic E-state index is 4.59. The number of fused-ring (bicyclic) bond motifs is 2. The summed E-state index contributed by atoms with van der Waals surface area (Å²) in [5.74, 6) is 0. The van der Waals surface area contributed by atoms with Gasteiger partial charge in [0.1, 0.15) is 0 Å². The largest absolute Gasteiger partial charge is 0.383 e. The van der Waals surface area contributed by atoms with Crippen molar-refractivity contribution in [1.82, 2.24) is 4.98 Å². The van der Waals surface area contributed by atoms with Gasteiger partial charge in [-0.2, -0.15) is 0 Å². The van der Waals surface area contributed by atoms with Gasteiger partial charge in [-0.25, -0.2) is 0 Å². The van der Waals surface area contributed by atoms with Crippen LogP contribution in [0.3, 0.4) is 0 Å². The summed E-state index contributed by atoms with van der Waals surface area (Å²) in [5.41, 5.74) is 3.52. The van der Waals surface area contributed by atoms with Crippen LogP contribution in [0.2, 0.25) is 0 Å². The first-order valence-corrected chi connectivity index (χ1v) is 4.56.